The molecule has 0 aliphatic heterocycles. The molecule has 3 aliphatic carbocycles. The Bertz CT molecular complexity index is 5160. The molecule has 1 heterocycles. The van der Waals surface area contributed by atoms with Gasteiger partial charge in [-0.05, 0) is 160 Å². The number of hydrogen-bond acceptors (Lipinski definition) is 1. The Balaban J connectivity index is 0.817. The molecular formula is C86H56N2. The summed E-state index contributed by atoms with van der Waals surface area (Å²) < 4.78 is 2.50. The Morgan fingerprint density at radius 3 is 1.31 bits per heavy atom. The smallest absolute Gasteiger partial charge is 0.0726 e. The van der Waals surface area contributed by atoms with Crippen LogP contribution < -0.4 is 4.90 Å². The molecule has 0 bridgehead atoms. The third kappa shape index (κ3) is 7.12. The summed E-state index contributed by atoms with van der Waals surface area (Å²) >= 11 is 0. The largest absolute Gasteiger partial charge is 0.310 e. The third-order valence-electron chi connectivity index (χ3n) is 19.5. The minimum absolute atomic E-state index is 0.481. The normalized spacial score (nSPS) is 13.4. The van der Waals surface area contributed by atoms with Crippen molar-refractivity contribution in [2.45, 2.75) is 10.8 Å². The molecule has 0 saturated carbocycles. The van der Waals surface area contributed by atoms with E-state index in [9.17, 15) is 0 Å². The van der Waals surface area contributed by atoms with Crippen molar-refractivity contribution < 1.29 is 0 Å². The predicted octanol–water partition coefficient (Wildman–Crippen LogP) is 22.0. The fraction of sp³-hybridized carbons (Fsp3) is 0.0233. The van der Waals surface area contributed by atoms with Crippen LogP contribution in [-0.2, 0) is 10.8 Å². The zero-order valence-corrected chi connectivity index (χ0v) is 48.2. The Labute approximate surface area is 512 Å². The maximum absolute atomic E-state index is 2.51. The van der Waals surface area contributed by atoms with Crippen LogP contribution in [0.2, 0.25) is 0 Å². The fourth-order valence-corrected chi connectivity index (χ4v) is 15.9. The molecule has 0 saturated heterocycles. The molecule has 15 aromatic rings. The summed E-state index contributed by atoms with van der Waals surface area (Å²) in [6, 6.07) is 127. The van der Waals surface area contributed by atoms with Crippen LogP contribution in [0, 0.1) is 0 Å². The lowest BCUT2D eigenvalue weighted by molar-refractivity contribution is 0.768. The summed E-state index contributed by atoms with van der Waals surface area (Å²) in [5.41, 5.74) is 30.8. The maximum Gasteiger partial charge on any atom is 0.0726 e. The van der Waals surface area contributed by atoms with Gasteiger partial charge in [0.05, 0.1) is 27.6 Å². The van der Waals surface area contributed by atoms with Gasteiger partial charge in [-0.25, -0.2) is 0 Å². The summed E-state index contributed by atoms with van der Waals surface area (Å²) in [7, 11) is 0. The zero-order chi connectivity index (χ0) is 57.9. The van der Waals surface area contributed by atoms with Crippen molar-refractivity contribution in [1.29, 1.82) is 0 Å². The van der Waals surface area contributed by atoms with E-state index < -0.39 is 10.8 Å². The van der Waals surface area contributed by atoms with Gasteiger partial charge in [0, 0.05) is 33.4 Å². The molecule has 18 rings (SSSR count). The van der Waals surface area contributed by atoms with Crippen molar-refractivity contribution in [3.8, 4) is 72.4 Å². The molecule has 2 heteroatoms. The van der Waals surface area contributed by atoms with Gasteiger partial charge in [-0.2, -0.15) is 0 Å². The van der Waals surface area contributed by atoms with Gasteiger partial charge in [0.2, 0.25) is 0 Å². The highest BCUT2D eigenvalue weighted by Gasteiger charge is 2.52. The van der Waals surface area contributed by atoms with Crippen molar-refractivity contribution in [2.75, 3.05) is 4.90 Å². The molecule has 0 fully saturated rings. The average Bonchev–Trinajstić information content (AvgIpc) is 1.56. The van der Waals surface area contributed by atoms with E-state index in [0.29, 0.717) is 0 Å². The van der Waals surface area contributed by atoms with E-state index in [4.69, 9.17) is 0 Å². The van der Waals surface area contributed by atoms with Gasteiger partial charge in [-0.1, -0.05) is 285 Å². The minimum Gasteiger partial charge on any atom is -0.310 e. The molecule has 0 atom stereocenters. The van der Waals surface area contributed by atoms with Crippen LogP contribution in [0.1, 0.15) is 44.5 Å². The van der Waals surface area contributed by atoms with Crippen molar-refractivity contribution in [3.63, 3.8) is 0 Å². The highest BCUT2D eigenvalue weighted by molar-refractivity contribution is 6.11. The SMILES string of the molecule is c1ccc(-c2ccc(N(c3ccc4c(c3)C3(c5ccccc5-c5ccccc53)c3ccccc3-4)c3ccccc3-c3ccccc3-c3ccc4c5ccccc5n(-c5ccc6c(c5)-c5ccccc5C6(c5ccccc5)c5ccccc5)c4c3)cc2)cc1. The van der Waals surface area contributed by atoms with Crippen LogP contribution in [0.4, 0.5) is 17.1 Å². The lowest BCUT2D eigenvalue weighted by Crippen LogP contribution is -2.28. The van der Waals surface area contributed by atoms with Crippen molar-refractivity contribution in [3.05, 3.63) is 384 Å². The van der Waals surface area contributed by atoms with E-state index in [1.165, 1.54) is 105 Å². The molecule has 0 amide bonds. The Kier molecular flexibility index (Phi) is 11.2. The number of benzene rings is 14. The number of nitrogens with zero attached hydrogens (tertiary/aromatic N) is 2. The Hall–Kier alpha value is -11.3. The molecule has 88 heavy (non-hydrogen) atoms. The van der Waals surface area contributed by atoms with Crippen molar-refractivity contribution >= 4 is 38.9 Å². The van der Waals surface area contributed by atoms with Crippen LogP contribution in [0.25, 0.3) is 94.3 Å². The number of rotatable bonds is 9. The second kappa shape index (κ2) is 19.6. The first kappa shape index (κ1) is 50.0. The van der Waals surface area contributed by atoms with Crippen LogP contribution in [0.15, 0.2) is 340 Å². The monoisotopic (exact) mass is 1120 g/mol. The first-order valence-corrected chi connectivity index (χ1v) is 30.7. The van der Waals surface area contributed by atoms with Gasteiger partial charge in [0.1, 0.15) is 0 Å². The summed E-state index contributed by atoms with van der Waals surface area (Å²) in [5.74, 6) is 0. The maximum atomic E-state index is 2.51. The van der Waals surface area contributed by atoms with E-state index >= 15 is 0 Å². The Morgan fingerprint density at radius 1 is 0.227 bits per heavy atom. The van der Waals surface area contributed by atoms with Gasteiger partial charge >= 0.3 is 0 Å². The molecule has 0 N–H and O–H groups in total. The fourth-order valence-electron chi connectivity index (χ4n) is 15.9. The quantitative estimate of drug-likeness (QED) is 0.140. The molecular weight excluding hydrogens is 1060 g/mol. The van der Waals surface area contributed by atoms with Crippen LogP contribution >= 0.6 is 0 Å². The van der Waals surface area contributed by atoms with Crippen LogP contribution in [-0.4, -0.2) is 4.57 Å². The summed E-state index contributed by atoms with van der Waals surface area (Å²) in [4.78, 5) is 2.50. The Morgan fingerprint density at radius 2 is 0.670 bits per heavy atom. The molecule has 1 aromatic heterocycles. The van der Waals surface area contributed by atoms with E-state index in [-0.39, 0.29) is 0 Å². The van der Waals surface area contributed by atoms with Gasteiger partial charge < -0.3 is 9.47 Å². The first-order chi connectivity index (χ1) is 43.7. The number of aromatic nitrogens is 1. The lowest BCUT2D eigenvalue weighted by atomic mass is 9.68. The number of para-hydroxylation sites is 2. The van der Waals surface area contributed by atoms with Crippen molar-refractivity contribution in [1.82, 2.24) is 4.57 Å². The van der Waals surface area contributed by atoms with E-state index in [0.717, 1.165) is 50.5 Å². The topological polar surface area (TPSA) is 8.17 Å². The standard InChI is InChI=1S/C86H56N2/c1-4-24-57(25-5-1)58-44-47-62(48-45-58)87(64-49-52-71-69-34-14-21-41-79(69)86(81(71)56-64)77-39-19-12-32-67(77)68-33-13-20-40-78(68)86)82-42-22-16-36-72(82)66-31-11-10-30-65(66)59-46-51-74-73-37-17-23-43-83(73)88(84(74)54-59)63-50-53-80-75(55-63)70-35-15-18-38-76(70)85(80,60-26-6-2-7-27-60)61-28-8-3-9-29-61/h1-56H. The van der Waals surface area contributed by atoms with Crippen molar-refractivity contribution in [2.24, 2.45) is 0 Å². The summed E-state index contributed by atoms with van der Waals surface area (Å²) in [5, 5.41) is 2.44. The van der Waals surface area contributed by atoms with Gasteiger partial charge in [0.25, 0.3) is 0 Å². The number of anilines is 3. The second-order valence-electron chi connectivity index (χ2n) is 23.8. The molecule has 0 radical (unpaired) electrons. The lowest BCUT2D eigenvalue weighted by Gasteiger charge is -2.33. The third-order valence-corrected chi connectivity index (χ3v) is 19.5. The average molecular weight is 1120 g/mol. The van der Waals surface area contributed by atoms with Crippen LogP contribution in [0.3, 0.4) is 0 Å². The van der Waals surface area contributed by atoms with Gasteiger partial charge in [-0.15, -0.1) is 0 Å². The molecule has 14 aromatic carbocycles. The molecule has 1 spiro atoms. The predicted molar refractivity (Wildman–Crippen MR) is 365 cm³/mol. The molecule has 3 aliphatic rings. The zero-order valence-electron chi connectivity index (χ0n) is 48.2. The first-order valence-electron chi connectivity index (χ1n) is 30.7. The van der Waals surface area contributed by atoms with E-state index in [1.807, 2.05) is 0 Å². The van der Waals surface area contributed by atoms with Gasteiger partial charge in [-0.3, -0.25) is 0 Å². The number of fused-ring (bicyclic) bond motifs is 16. The summed E-state index contributed by atoms with van der Waals surface area (Å²) in [6.07, 6.45) is 0. The number of hydrogen-bond donors (Lipinski definition) is 0. The highest BCUT2D eigenvalue weighted by atomic mass is 15.1. The van der Waals surface area contributed by atoms with E-state index in [2.05, 4.69) is 349 Å². The van der Waals surface area contributed by atoms with E-state index in [1.54, 1.807) is 0 Å². The second-order valence-corrected chi connectivity index (χ2v) is 23.8. The molecule has 0 unspecified atom stereocenters. The van der Waals surface area contributed by atoms with Gasteiger partial charge in [0.15, 0.2) is 0 Å². The molecule has 410 valence electrons. The minimum atomic E-state index is -0.496. The summed E-state index contributed by atoms with van der Waals surface area (Å²) in [6.45, 7) is 0. The van der Waals surface area contributed by atoms with Crippen LogP contribution in [0.5, 0.6) is 0 Å². The molecule has 2 nitrogen and oxygen atoms in total. The highest BCUT2D eigenvalue weighted by Crippen LogP contribution is 2.64.